The van der Waals surface area contributed by atoms with E-state index in [2.05, 4.69) is 25.5 Å². The second-order valence-corrected chi connectivity index (χ2v) is 10.2. The molecule has 2 aromatic rings. The maximum Gasteiger partial charge on any atom is 0.267 e. The molecule has 4 N–H and O–H groups in total. The summed E-state index contributed by atoms with van der Waals surface area (Å²) >= 11 is 0. The number of primary amides is 1. The van der Waals surface area contributed by atoms with Gasteiger partial charge in [0.2, 0.25) is 5.95 Å². The highest BCUT2D eigenvalue weighted by atomic mass is 16.1. The summed E-state index contributed by atoms with van der Waals surface area (Å²) in [6.45, 7) is 4.94. The van der Waals surface area contributed by atoms with Gasteiger partial charge >= 0.3 is 0 Å². The highest BCUT2D eigenvalue weighted by Gasteiger charge is 2.25. The van der Waals surface area contributed by atoms with Crippen LogP contribution in [-0.2, 0) is 0 Å². The molecular formula is C27H41N7O. The molecule has 4 rings (SSSR count). The van der Waals surface area contributed by atoms with E-state index in [0.29, 0.717) is 17.9 Å². The number of nitrogens with one attached hydrogen (secondary N) is 2. The molecule has 0 spiro atoms. The Balaban J connectivity index is 1.47. The SMILES string of the molecule is Cc1cc(Nc2nccc(N3C[C@H]4CCCCCCCCCCN[C@H](CC4)C3)n2)cnc1C(N)=O. The third-order valence-corrected chi connectivity index (χ3v) is 7.35. The summed E-state index contributed by atoms with van der Waals surface area (Å²) in [5.41, 5.74) is 7.13. The molecule has 4 heterocycles. The number of hydrogen-bond acceptors (Lipinski definition) is 7. The summed E-state index contributed by atoms with van der Waals surface area (Å²) < 4.78 is 0. The van der Waals surface area contributed by atoms with E-state index in [4.69, 9.17) is 10.7 Å². The lowest BCUT2D eigenvalue weighted by Crippen LogP contribution is -2.41. The van der Waals surface area contributed by atoms with Crippen LogP contribution in [0.2, 0.25) is 0 Å². The van der Waals surface area contributed by atoms with Crippen LogP contribution in [0.15, 0.2) is 24.5 Å². The zero-order chi connectivity index (χ0) is 24.5. The standard InChI is InChI=1S/C27H41N7O/c1-20-16-23(17-31-25(20)26(28)35)32-27-30-15-13-24(33-27)34-18-21-10-8-6-4-2-3-5-7-9-14-29-22(19-34)12-11-21/h13,15-17,21-22,29H,2-12,14,18-19H2,1H3,(H2,28,35)(H,30,32,33)/t21-,22+/m0/s1. The molecule has 190 valence electrons. The van der Waals surface area contributed by atoms with Crippen molar-refractivity contribution in [3.8, 4) is 0 Å². The summed E-state index contributed by atoms with van der Waals surface area (Å²) in [4.78, 5) is 27.4. The highest BCUT2D eigenvalue weighted by Crippen LogP contribution is 2.27. The number of rotatable bonds is 4. The number of nitrogens with zero attached hydrogens (tertiary/aromatic N) is 4. The number of pyridine rings is 1. The minimum absolute atomic E-state index is 0.283. The van der Waals surface area contributed by atoms with E-state index in [0.717, 1.165) is 36.7 Å². The van der Waals surface area contributed by atoms with Gasteiger partial charge in [-0.15, -0.1) is 0 Å². The highest BCUT2D eigenvalue weighted by molar-refractivity contribution is 5.92. The maximum absolute atomic E-state index is 11.5. The van der Waals surface area contributed by atoms with Crippen molar-refractivity contribution in [3.63, 3.8) is 0 Å². The molecule has 2 bridgehead atoms. The molecule has 2 fully saturated rings. The van der Waals surface area contributed by atoms with Crippen LogP contribution in [0.3, 0.4) is 0 Å². The number of amides is 1. The molecule has 35 heavy (non-hydrogen) atoms. The third-order valence-electron chi connectivity index (χ3n) is 7.35. The number of carbonyl (C=O) groups is 1. The first-order valence-corrected chi connectivity index (χ1v) is 13.4. The summed E-state index contributed by atoms with van der Waals surface area (Å²) in [5.74, 6) is 1.67. The molecule has 0 aliphatic carbocycles. The average Bonchev–Trinajstić information content (AvgIpc) is 3.05. The van der Waals surface area contributed by atoms with Crippen molar-refractivity contribution in [2.24, 2.45) is 11.7 Å². The lowest BCUT2D eigenvalue weighted by molar-refractivity contribution is 0.0995. The fraction of sp³-hybridized carbons (Fsp3) is 0.630. The van der Waals surface area contributed by atoms with E-state index in [9.17, 15) is 4.79 Å². The average molecular weight is 480 g/mol. The van der Waals surface area contributed by atoms with Gasteiger partial charge < -0.3 is 21.3 Å². The summed E-state index contributed by atoms with van der Waals surface area (Å²) in [6, 6.07) is 4.35. The van der Waals surface area contributed by atoms with E-state index in [1.807, 2.05) is 25.3 Å². The molecule has 1 amide bonds. The van der Waals surface area contributed by atoms with Crippen LogP contribution in [0, 0.1) is 12.8 Å². The summed E-state index contributed by atoms with van der Waals surface area (Å²) in [7, 11) is 0. The van der Waals surface area contributed by atoms with Crippen molar-refractivity contribution in [3.05, 3.63) is 35.8 Å². The first kappa shape index (κ1) is 25.4. The molecule has 2 aliphatic heterocycles. The molecule has 0 aromatic carbocycles. The Hall–Kier alpha value is -2.74. The second kappa shape index (κ2) is 12.8. The van der Waals surface area contributed by atoms with Crippen LogP contribution in [0.4, 0.5) is 17.5 Å². The normalized spacial score (nSPS) is 22.6. The van der Waals surface area contributed by atoms with Gasteiger partial charge in [0.25, 0.3) is 5.91 Å². The van der Waals surface area contributed by atoms with Gasteiger partial charge in [-0.05, 0) is 62.8 Å². The van der Waals surface area contributed by atoms with E-state index in [1.54, 1.807) is 6.20 Å². The largest absolute Gasteiger partial charge is 0.364 e. The number of nitrogens with two attached hydrogens (primary N) is 1. The van der Waals surface area contributed by atoms with Gasteiger partial charge in [-0.2, -0.15) is 4.98 Å². The number of hydrogen-bond donors (Lipinski definition) is 3. The van der Waals surface area contributed by atoms with E-state index >= 15 is 0 Å². The minimum atomic E-state index is -0.525. The minimum Gasteiger partial charge on any atom is -0.364 e. The van der Waals surface area contributed by atoms with Gasteiger partial charge in [-0.1, -0.05) is 44.9 Å². The van der Waals surface area contributed by atoms with Crippen LogP contribution < -0.4 is 21.3 Å². The number of fused-ring (bicyclic) bond motifs is 3. The molecule has 2 atom stereocenters. The Morgan fingerprint density at radius 1 is 1.03 bits per heavy atom. The third kappa shape index (κ3) is 7.62. The summed E-state index contributed by atoms with van der Waals surface area (Å²) in [6.07, 6.45) is 18.1. The number of aryl methyl sites for hydroxylation is 1. The van der Waals surface area contributed by atoms with Gasteiger partial charge in [-0.3, -0.25) is 4.79 Å². The van der Waals surface area contributed by atoms with Gasteiger partial charge in [0.15, 0.2) is 0 Å². The second-order valence-electron chi connectivity index (χ2n) is 10.2. The smallest absolute Gasteiger partial charge is 0.267 e. The fourth-order valence-electron chi connectivity index (χ4n) is 5.40. The van der Waals surface area contributed by atoms with Crippen molar-refractivity contribution in [2.75, 3.05) is 29.9 Å². The van der Waals surface area contributed by atoms with Crippen LogP contribution in [-0.4, -0.2) is 46.5 Å². The topological polar surface area (TPSA) is 109 Å². The van der Waals surface area contributed by atoms with Gasteiger partial charge in [-0.25, -0.2) is 9.97 Å². The monoisotopic (exact) mass is 479 g/mol. The number of carbonyl (C=O) groups excluding carboxylic acids is 1. The van der Waals surface area contributed by atoms with Crippen molar-refractivity contribution < 1.29 is 4.79 Å². The van der Waals surface area contributed by atoms with E-state index < -0.39 is 5.91 Å². The molecule has 8 heteroatoms. The Morgan fingerprint density at radius 3 is 2.57 bits per heavy atom. The summed E-state index contributed by atoms with van der Waals surface area (Å²) in [5, 5.41) is 7.09. The molecule has 0 saturated carbocycles. The number of aromatic nitrogens is 3. The van der Waals surface area contributed by atoms with Crippen LogP contribution in [0.5, 0.6) is 0 Å². The van der Waals surface area contributed by atoms with Crippen LogP contribution in [0.1, 0.15) is 86.7 Å². The molecule has 0 unspecified atom stereocenters. The first-order chi connectivity index (χ1) is 17.1. The van der Waals surface area contributed by atoms with Crippen LogP contribution in [0.25, 0.3) is 0 Å². The first-order valence-electron chi connectivity index (χ1n) is 13.4. The van der Waals surface area contributed by atoms with Crippen molar-refractivity contribution in [2.45, 2.75) is 83.6 Å². The van der Waals surface area contributed by atoms with Gasteiger partial charge in [0.1, 0.15) is 11.5 Å². The lowest BCUT2D eigenvalue weighted by atomic mass is 9.95. The Morgan fingerprint density at radius 2 is 1.80 bits per heavy atom. The van der Waals surface area contributed by atoms with Crippen molar-refractivity contribution in [1.82, 2.24) is 20.3 Å². The van der Waals surface area contributed by atoms with E-state index in [1.165, 1.54) is 70.6 Å². The lowest BCUT2D eigenvalue weighted by Gasteiger charge is -2.28. The Kier molecular flexibility index (Phi) is 9.28. The van der Waals surface area contributed by atoms with Crippen molar-refractivity contribution >= 4 is 23.4 Å². The number of anilines is 3. The molecule has 2 aromatic heterocycles. The maximum atomic E-state index is 11.5. The molecule has 2 saturated heterocycles. The van der Waals surface area contributed by atoms with Crippen molar-refractivity contribution in [1.29, 1.82) is 0 Å². The van der Waals surface area contributed by atoms with Gasteiger partial charge in [0, 0.05) is 25.3 Å². The van der Waals surface area contributed by atoms with E-state index in [-0.39, 0.29) is 5.69 Å². The Bertz CT molecular complexity index is 944. The molecule has 2 aliphatic rings. The zero-order valence-corrected chi connectivity index (χ0v) is 21.1. The molecule has 8 nitrogen and oxygen atoms in total. The fourth-order valence-corrected chi connectivity index (χ4v) is 5.40. The quantitative estimate of drug-likeness (QED) is 0.582. The van der Waals surface area contributed by atoms with Crippen LogP contribution >= 0.6 is 0 Å². The predicted octanol–water partition coefficient (Wildman–Crippen LogP) is 4.72. The Labute approximate surface area is 209 Å². The zero-order valence-electron chi connectivity index (χ0n) is 21.1. The molecule has 0 radical (unpaired) electrons. The van der Waals surface area contributed by atoms with Gasteiger partial charge in [0.05, 0.1) is 11.9 Å². The predicted molar refractivity (Wildman–Crippen MR) is 141 cm³/mol. The molecular weight excluding hydrogens is 438 g/mol.